The molecule has 3 aromatic rings. The van der Waals surface area contributed by atoms with Crippen molar-refractivity contribution >= 4 is 17.7 Å². The number of hydrogen-bond donors (Lipinski definition) is 1. The molecule has 1 amide bonds. The number of nitrogens with zero attached hydrogens (tertiary/aromatic N) is 2. The van der Waals surface area contributed by atoms with E-state index in [0.717, 1.165) is 11.1 Å². The Morgan fingerprint density at radius 1 is 1.28 bits per heavy atom. The van der Waals surface area contributed by atoms with Crippen LogP contribution in [0.15, 0.2) is 50.7 Å². The van der Waals surface area contributed by atoms with Gasteiger partial charge >= 0.3 is 0 Å². The van der Waals surface area contributed by atoms with Gasteiger partial charge in [-0.05, 0) is 37.6 Å². The molecule has 0 unspecified atom stereocenters. The number of halogens is 1. The van der Waals surface area contributed by atoms with Crippen LogP contribution >= 0.6 is 11.8 Å². The van der Waals surface area contributed by atoms with Crippen molar-refractivity contribution in [1.82, 2.24) is 15.5 Å². The van der Waals surface area contributed by atoms with Gasteiger partial charge in [0.15, 0.2) is 0 Å². The van der Waals surface area contributed by atoms with Gasteiger partial charge in [0.2, 0.25) is 5.91 Å². The second-order valence-corrected chi connectivity index (χ2v) is 6.66. The molecule has 6 nitrogen and oxygen atoms in total. The zero-order chi connectivity index (χ0) is 17.8. The highest BCUT2D eigenvalue weighted by molar-refractivity contribution is 8.00. The average Bonchev–Trinajstić information content (AvgIpc) is 3.22. The van der Waals surface area contributed by atoms with Crippen LogP contribution < -0.4 is 5.32 Å². The molecule has 0 saturated heterocycles. The molecule has 0 bridgehead atoms. The van der Waals surface area contributed by atoms with Gasteiger partial charge in [-0.3, -0.25) is 4.79 Å². The number of hydrogen-bond acceptors (Lipinski definition) is 6. The van der Waals surface area contributed by atoms with Gasteiger partial charge in [0.1, 0.15) is 11.6 Å². The van der Waals surface area contributed by atoms with E-state index < -0.39 is 5.25 Å². The number of furan rings is 1. The minimum atomic E-state index is -0.417. The summed E-state index contributed by atoms with van der Waals surface area (Å²) in [7, 11) is 0. The molecule has 130 valence electrons. The lowest BCUT2D eigenvalue weighted by atomic mass is 10.2. The highest BCUT2D eigenvalue weighted by Gasteiger charge is 2.19. The molecule has 0 aliphatic carbocycles. The molecule has 0 saturated carbocycles. The molecule has 0 spiro atoms. The van der Waals surface area contributed by atoms with Crippen LogP contribution in [0.3, 0.4) is 0 Å². The molecule has 1 atom stereocenters. The van der Waals surface area contributed by atoms with E-state index in [2.05, 4.69) is 15.5 Å². The summed E-state index contributed by atoms with van der Waals surface area (Å²) in [6.07, 6.45) is 1.55. The van der Waals surface area contributed by atoms with E-state index in [1.165, 1.54) is 23.9 Å². The van der Waals surface area contributed by atoms with Crippen LogP contribution in [-0.4, -0.2) is 21.4 Å². The topological polar surface area (TPSA) is 81.2 Å². The third kappa shape index (κ3) is 4.27. The largest absolute Gasteiger partial charge is 0.469 e. The van der Waals surface area contributed by atoms with Gasteiger partial charge in [-0.15, -0.1) is 10.2 Å². The lowest BCUT2D eigenvalue weighted by molar-refractivity contribution is -0.120. The van der Waals surface area contributed by atoms with Crippen molar-refractivity contribution in [3.8, 4) is 11.5 Å². The number of nitrogens with one attached hydrogen (secondary N) is 1. The first-order chi connectivity index (χ1) is 12.0. The van der Waals surface area contributed by atoms with Gasteiger partial charge in [0.05, 0.1) is 17.1 Å². The summed E-state index contributed by atoms with van der Waals surface area (Å²) in [5.41, 5.74) is 1.55. The van der Waals surface area contributed by atoms with Gasteiger partial charge in [-0.1, -0.05) is 23.9 Å². The Hall–Kier alpha value is -2.61. The monoisotopic (exact) mass is 361 g/mol. The number of amides is 1. The van der Waals surface area contributed by atoms with Crippen LogP contribution in [0.1, 0.15) is 18.2 Å². The highest BCUT2D eigenvalue weighted by Crippen LogP contribution is 2.28. The second kappa shape index (κ2) is 7.52. The second-order valence-electron chi connectivity index (χ2n) is 5.37. The Kier molecular flexibility index (Phi) is 5.18. The molecule has 2 aromatic heterocycles. The van der Waals surface area contributed by atoms with Crippen molar-refractivity contribution < 1.29 is 18.0 Å². The summed E-state index contributed by atoms with van der Waals surface area (Å²) >= 11 is 1.17. The summed E-state index contributed by atoms with van der Waals surface area (Å²) in [6, 6.07) is 7.72. The molecule has 25 heavy (non-hydrogen) atoms. The van der Waals surface area contributed by atoms with E-state index in [1.807, 2.05) is 0 Å². The minimum absolute atomic E-state index is 0.173. The van der Waals surface area contributed by atoms with Crippen molar-refractivity contribution in [2.75, 3.05) is 0 Å². The van der Waals surface area contributed by atoms with Crippen molar-refractivity contribution in [2.24, 2.45) is 0 Å². The number of carbonyl (C=O) groups is 1. The van der Waals surface area contributed by atoms with Crippen molar-refractivity contribution in [2.45, 2.75) is 30.9 Å². The van der Waals surface area contributed by atoms with Gasteiger partial charge in [-0.25, -0.2) is 4.39 Å². The fraction of sp³-hybridized carbons (Fsp3) is 0.235. The number of aromatic nitrogens is 2. The molecule has 0 aliphatic heterocycles. The molecule has 0 fully saturated rings. The number of thioether (sulfide) groups is 1. The van der Waals surface area contributed by atoms with Crippen LogP contribution in [0.25, 0.3) is 11.5 Å². The number of aryl methyl sites for hydroxylation is 1. The van der Waals surface area contributed by atoms with Crippen LogP contribution in [0.5, 0.6) is 0 Å². The Morgan fingerprint density at radius 3 is 2.72 bits per heavy atom. The van der Waals surface area contributed by atoms with E-state index in [1.54, 1.807) is 38.3 Å². The zero-order valence-electron chi connectivity index (χ0n) is 13.7. The van der Waals surface area contributed by atoms with Crippen LogP contribution in [0.4, 0.5) is 4.39 Å². The maximum absolute atomic E-state index is 12.9. The molecule has 3 rings (SSSR count). The van der Waals surface area contributed by atoms with E-state index in [4.69, 9.17) is 8.83 Å². The van der Waals surface area contributed by atoms with E-state index >= 15 is 0 Å². The smallest absolute Gasteiger partial charge is 0.277 e. The molecular formula is C17H16FN3O3S. The minimum Gasteiger partial charge on any atom is -0.469 e. The van der Waals surface area contributed by atoms with E-state index in [9.17, 15) is 9.18 Å². The maximum Gasteiger partial charge on any atom is 0.277 e. The standard InChI is InChI=1S/C17H16FN3O3S/c1-10-14(7-8-23-10)16-20-21-17(24-16)25-11(2)15(22)19-9-12-3-5-13(18)6-4-12/h3-8,11H,9H2,1-2H3,(H,19,22)/t11-/m1/s1. The molecule has 0 radical (unpaired) electrons. The van der Waals surface area contributed by atoms with Gasteiger partial charge in [0.25, 0.3) is 11.1 Å². The normalized spacial score (nSPS) is 12.1. The first kappa shape index (κ1) is 17.2. The zero-order valence-corrected chi connectivity index (χ0v) is 14.5. The summed E-state index contributed by atoms with van der Waals surface area (Å²) in [4.78, 5) is 12.2. The van der Waals surface area contributed by atoms with Gasteiger partial charge < -0.3 is 14.2 Å². The first-order valence-corrected chi connectivity index (χ1v) is 8.47. The summed E-state index contributed by atoms with van der Waals surface area (Å²) in [5.74, 6) is 0.561. The quantitative estimate of drug-likeness (QED) is 0.676. The summed E-state index contributed by atoms with van der Waals surface area (Å²) in [5, 5.41) is 10.6. The third-order valence-electron chi connectivity index (χ3n) is 3.52. The molecule has 1 N–H and O–H groups in total. The van der Waals surface area contributed by atoms with Gasteiger partial charge in [0, 0.05) is 6.54 Å². The van der Waals surface area contributed by atoms with E-state index in [-0.39, 0.29) is 11.7 Å². The lowest BCUT2D eigenvalue weighted by Crippen LogP contribution is -2.30. The Morgan fingerprint density at radius 2 is 2.04 bits per heavy atom. The lowest BCUT2D eigenvalue weighted by Gasteiger charge is -2.09. The van der Waals surface area contributed by atoms with Crippen molar-refractivity contribution in [1.29, 1.82) is 0 Å². The van der Waals surface area contributed by atoms with Crippen LogP contribution in [0.2, 0.25) is 0 Å². The first-order valence-electron chi connectivity index (χ1n) is 7.59. The number of carbonyl (C=O) groups excluding carboxylic acids is 1. The Labute approximate surface area is 147 Å². The molecule has 1 aromatic carbocycles. The Balaban J connectivity index is 1.55. The van der Waals surface area contributed by atoms with E-state index in [0.29, 0.717) is 23.4 Å². The van der Waals surface area contributed by atoms with Crippen LogP contribution in [0, 0.1) is 12.7 Å². The fourth-order valence-electron chi connectivity index (χ4n) is 2.11. The SMILES string of the molecule is Cc1occc1-c1nnc(S[C@H](C)C(=O)NCc2ccc(F)cc2)o1. The van der Waals surface area contributed by atoms with Crippen molar-refractivity contribution in [3.63, 3.8) is 0 Å². The van der Waals surface area contributed by atoms with Gasteiger partial charge in [-0.2, -0.15) is 0 Å². The maximum atomic E-state index is 12.9. The molecule has 8 heteroatoms. The molecule has 0 aliphatic rings. The highest BCUT2D eigenvalue weighted by atomic mass is 32.2. The predicted molar refractivity (Wildman–Crippen MR) is 90.3 cm³/mol. The summed E-state index contributed by atoms with van der Waals surface area (Å²) < 4.78 is 23.6. The third-order valence-corrected chi connectivity index (χ3v) is 4.46. The van der Waals surface area contributed by atoms with Crippen molar-refractivity contribution in [3.05, 3.63) is 53.7 Å². The summed E-state index contributed by atoms with van der Waals surface area (Å²) in [6.45, 7) is 3.88. The Bertz CT molecular complexity index is 860. The predicted octanol–water partition coefficient (Wildman–Crippen LogP) is 3.57. The molecular weight excluding hydrogens is 345 g/mol. The number of rotatable bonds is 6. The average molecular weight is 361 g/mol. The number of benzene rings is 1. The molecule has 2 heterocycles. The fourth-order valence-corrected chi connectivity index (χ4v) is 2.82. The van der Waals surface area contributed by atoms with Crippen LogP contribution in [-0.2, 0) is 11.3 Å².